The molecule has 2 aromatic carbocycles. The van der Waals surface area contributed by atoms with Gasteiger partial charge in [-0.25, -0.2) is 4.99 Å². The van der Waals surface area contributed by atoms with Gasteiger partial charge in [0.25, 0.3) is 0 Å². The van der Waals surface area contributed by atoms with Crippen LogP contribution in [0.25, 0.3) is 0 Å². The summed E-state index contributed by atoms with van der Waals surface area (Å²) in [5, 5.41) is 9.51. The maximum Gasteiger partial charge on any atom is 0.220 e. The third-order valence-electron chi connectivity index (χ3n) is 5.80. The molecule has 4 rings (SSSR count). The molecule has 6 heteroatoms. The van der Waals surface area contributed by atoms with Gasteiger partial charge < -0.3 is 5.32 Å². The van der Waals surface area contributed by atoms with Crippen molar-refractivity contribution >= 4 is 29.4 Å². The number of carbonyl (C=O) groups is 2. The molecule has 0 spiro atoms. The predicted octanol–water partition coefficient (Wildman–Crippen LogP) is 4.07. The van der Waals surface area contributed by atoms with E-state index in [1.165, 1.54) is 17.3 Å². The number of nitrogens with zero attached hydrogens (tertiary/aromatic N) is 3. The zero-order valence-corrected chi connectivity index (χ0v) is 17.8. The number of amides is 1. The Hall–Kier alpha value is -3.28. The van der Waals surface area contributed by atoms with Crippen molar-refractivity contribution in [1.29, 1.82) is 0 Å². The summed E-state index contributed by atoms with van der Waals surface area (Å²) < 4.78 is 0. The fourth-order valence-corrected chi connectivity index (χ4v) is 4.11. The molecule has 6 nitrogen and oxygen atoms in total. The molecule has 0 bridgehead atoms. The molecule has 1 saturated heterocycles. The second-order valence-electron chi connectivity index (χ2n) is 8.11. The second kappa shape index (κ2) is 9.69. The molecule has 2 aromatic rings. The predicted molar refractivity (Wildman–Crippen MR) is 123 cm³/mol. The standard InChI is InChI=1S/C25H28N4O2/c1-2-7-18-8-6-9-19(14-18)22-15-24(28-29(22)21-10-4-3-5-11-21)26-17-23(30)20-12-13-25(31)27-16-20/h3-6,8-11,14,17,20,22H,2,7,12-13,15-16H2,1H3,(H,27,31). The summed E-state index contributed by atoms with van der Waals surface area (Å²) in [4.78, 5) is 28.3. The van der Waals surface area contributed by atoms with E-state index in [9.17, 15) is 9.59 Å². The number of amidine groups is 1. The first-order valence-electron chi connectivity index (χ1n) is 11.0. The molecule has 2 unspecified atom stereocenters. The van der Waals surface area contributed by atoms with Crippen LogP contribution < -0.4 is 10.3 Å². The van der Waals surface area contributed by atoms with Crippen LogP contribution in [-0.2, 0) is 16.0 Å². The van der Waals surface area contributed by atoms with Gasteiger partial charge in [0.05, 0.1) is 17.9 Å². The van der Waals surface area contributed by atoms with Crippen molar-refractivity contribution in [3.8, 4) is 0 Å². The highest BCUT2D eigenvalue weighted by atomic mass is 16.2. The Kier molecular flexibility index (Phi) is 6.55. The smallest absolute Gasteiger partial charge is 0.220 e. The zero-order chi connectivity index (χ0) is 21.6. The van der Waals surface area contributed by atoms with Crippen LogP contribution >= 0.6 is 0 Å². The summed E-state index contributed by atoms with van der Waals surface area (Å²) >= 11 is 0. The minimum Gasteiger partial charge on any atom is -0.355 e. The summed E-state index contributed by atoms with van der Waals surface area (Å²) in [7, 11) is 0. The van der Waals surface area contributed by atoms with Gasteiger partial charge in [-0.15, -0.1) is 0 Å². The lowest BCUT2D eigenvalue weighted by atomic mass is 9.95. The molecule has 160 valence electrons. The lowest BCUT2D eigenvalue weighted by Gasteiger charge is -2.24. The van der Waals surface area contributed by atoms with Crippen molar-refractivity contribution in [3.05, 3.63) is 65.7 Å². The van der Waals surface area contributed by atoms with Gasteiger partial charge in [0.15, 0.2) is 11.6 Å². The van der Waals surface area contributed by atoms with Crippen LogP contribution in [0.1, 0.15) is 49.8 Å². The lowest BCUT2D eigenvalue weighted by molar-refractivity contribution is -0.124. The van der Waals surface area contributed by atoms with Crippen LogP contribution in [0.5, 0.6) is 0 Å². The number of Topliss-reactive ketones (excluding diaryl/α,β-unsaturated/α-hetero) is 1. The molecule has 31 heavy (non-hydrogen) atoms. The molecule has 0 radical (unpaired) electrons. The normalized spacial score (nSPS) is 21.3. The van der Waals surface area contributed by atoms with E-state index < -0.39 is 0 Å². The number of nitrogens with one attached hydrogen (secondary N) is 1. The van der Waals surface area contributed by atoms with E-state index in [2.05, 4.69) is 41.5 Å². The van der Waals surface area contributed by atoms with Gasteiger partial charge in [-0.1, -0.05) is 55.8 Å². The molecule has 1 N–H and O–H groups in total. The van der Waals surface area contributed by atoms with E-state index in [1.54, 1.807) is 0 Å². The van der Waals surface area contributed by atoms with Gasteiger partial charge in [-0.05, 0) is 36.1 Å². The fraction of sp³-hybridized carbons (Fsp3) is 0.360. The number of carbonyl (C=O) groups excluding carboxylic acids is 2. The van der Waals surface area contributed by atoms with Crippen molar-refractivity contribution in [2.75, 3.05) is 11.6 Å². The SMILES string of the molecule is CCCc1cccc(C2CC(N=CC(=O)C3CCC(=O)NC3)=NN2c2ccccc2)c1. The average molecular weight is 417 g/mol. The van der Waals surface area contributed by atoms with Crippen molar-refractivity contribution in [1.82, 2.24) is 5.32 Å². The molecule has 1 amide bonds. The summed E-state index contributed by atoms with van der Waals surface area (Å²) in [6.45, 7) is 2.57. The van der Waals surface area contributed by atoms with Gasteiger partial charge in [0.1, 0.15) is 0 Å². The molecule has 0 saturated carbocycles. The number of hydrogen-bond acceptors (Lipinski definition) is 5. The summed E-state index contributed by atoms with van der Waals surface area (Å²) in [6, 6.07) is 18.7. The number of benzene rings is 2. The molecular weight excluding hydrogens is 388 g/mol. The van der Waals surface area contributed by atoms with E-state index in [-0.39, 0.29) is 23.7 Å². The van der Waals surface area contributed by atoms with Gasteiger partial charge >= 0.3 is 0 Å². The molecule has 0 aliphatic carbocycles. The molecule has 0 aromatic heterocycles. The Labute approximate surface area is 183 Å². The number of hydrazone groups is 1. The molecule has 2 aliphatic rings. The quantitative estimate of drug-likeness (QED) is 0.722. The van der Waals surface area contributed by atoms with Crippen LogP contribution in [0, 0.1) is 5.92 Å². The van der Waals surface area contributed by atoms with Crippen LogP contribution in [-0.4, -0.2) is 30.3 Å². The highest BCUT2D eigenvalue weighted by molar-refractivity contribution is 6.30. The van der Waals surface area contributed by atoms with E-state index in [4.69, 9.17) is 5.10 Å². The van der Waals surface area contributed by atoms with Crippen molar-refractivity contribution in [2.24, 2.45) is 16.0 Å². The Morgan fingerprint density at radius 3 is 2.81 bits per heavy atom. The monoisotopic (exact) mass is 416 g/mol. The van der Waals surface area contributed by atoms with E-state index in [0.717, 1.165) is 18.5 Å². The van der Waals surface area contributed by atoms with E-state index >= 15 is 0 Å². The number of para-hydroxylation sites is 1. The van der Waals surface area contributed by atoms with Gasteiger partial charge in [-0.3, -0.25) is 14.6 Å². The Morgan fingerprint density at radius 2 is 2.06 bits per heavy atom. The van der Waals surface area contributed by atoms with E-state index in [0.29, 0.717) is 31.6 Å². The first-order valence-corrected chi connectivity index (χ1v) is 11.0. The van der Waals surface area contributed by atoms with Crippen molar-refractivity contribution in [2.45, 2.75) is 45.1 Å². The second-order valence-corrected chi connectivity index (χ2v) is 8.11. The Morgan fingerprint density at radius 1 is 1.23 bits per heavy atom. The number of anilines is 1. The minimum absolute atomic E-state index is 0.00723. The summed E-state index contributed by atoms with van der Waals surface area (Å²) in [5.41, 5.74) is 3.52. The molecule has 2 atom stereocenters. The van der Waals surface area contributed by atoms with Gasteiger partial charge in [0.2, 0.25) is 5.91 Å². The molecule has 1 fully saturated rings. The third-order valence-corrected chi connectivity index (χ3v) is 5.80. The van der Waals surface area contributed by atoms with Gasteiger partial charge in [-0.2, -0.15) is 5.10 Å². The molecule has 2 heterocycles. The number of rotatable bonds is 6. The Bertz CT molecular complexity index is 990. The number of aryl methyl sites for hydroxylation is 1. The van der Waals surface area contributed by atoms with Gasteiger partial charge in [0, 0.05) is 25.3 Å². The zero-order valence-electron chi connectivity index (χ0n) is 17.8. The highest BCUT2D eigenvalue weighted by Gasteiger charge is 2.30. The lowest BCUT2D eigenvalue weighted by Crippen LogP contribution is -2.38. The van der Waals surface area contributed by atoms with Crippen LogP contribution in [0.3, 0.4) is 0 Å². The van der Waals surface area contributed by atoms with Crippen LogP contribution in [0.2, 0.25) is 0 Å². The third kappa shape index (κ3) is 5.08. The maximum atomic E-state index is 12.5. The minimum atomic E-state index is -0.199. The van der Waals surface area contributed by atoms with Crippen molar-refractivity contribution in [3.63, 3.8) is 0 Å². The summed E-state index contributed by atoms with van der Waals surface area (Å²) in [5.74, 6) is 0.397. The number of hydrogen-bond donors (Lipinski definition) is 1. The first-order chi connectivity index (χ1) is 15.1. The largest absolute Gasteiger partial charge is 0.355 e. The highest BCUT2D eigenvalue weighted by Crippen LogP contribution is 2.35. The molecule has 2 aliphatic heterocycles. The first kappa shape index (κ1) is 21.0. The maximum absolute atomic E-state index is 12.5. The number of piperidine rings is 1. The Balaban J connectivity index is 1.54. The fourth-order valence-electron chi connectivity index (χ4n) is 4.11. The summed E-state index contributed by atoms with van der Waals surface area (Å²) in [6.07, 6.45) is 5.14. The topological polar surface area (TPSA) is 74.1 Å². The van der Waals surface area contributed by atoms with E-state index in [1.807, 2.05) is 35.3 Å². The average Bonchev–Trinajstić information content (AvgIpc) is 3.23. The van der Waals surface area contributed by atoms with Crippen LogP contribution in [0.15, 0.2) is 64.7 Å². The number of ketones is 1. The van der Waals surface area contributed by atoms with Crippen molar-refractivity contribution < 1.29 is 9.59 Å². The number of aliphatic imine (C=N–C) groups is 1. The van der Waals surface area contributed by atoms with Crippen LogP contribution in [0.4, 0.5) is 5.69 Å². The molecular formula is C25H28N4O2.